The molecule has 1 fully saturated rings. The van der Waals surface area contributed by atoms with Gasteiger partial charge in [0, 0.05) is 31.4 Å². The largest absolute Gasteiger partial charge is 0.325 e. The third-order valence-corrected chi connectivity index (χ3v) is 3.40. The van der Waals surface area contributed by atoms with Crippen LogP contribution in [0.25, 0.3) is 0 Å². The fourth-order valence-corrected chi connectivity index (χ4v) is 2.21. The number of hydrogen-bond donors (Lipinski definition) is 2. The number of halogens is 1. The van der Waals surface area contributed by atoms with Gasteiger partial charge < -0.3 is 10.6 Å². The number of carbonyl (C=O) groups excluding carboxylic acids is 1. The zero-order chi connectivity index (χ0) is 13.0. The number of nitrogens with zero attached hydrogens (tertiary/aromatic N) is 1. The summed E-state index contributed by atoms with van der Waals surface area (Å²) in [6.07, 6.45) is 0. The number of anilines is 1. The Morgan fingerprint density at radius 3 is 2.89 bits per heavy atom. The average molecular weight is 284 g/mol. The zero-order valence-corrected chi connectivity index (χ0v) is 12.3. The van der Waals surface area contributed by atoms with E-state index in [-0.39, 0.29) is 18.3 Å². The number of carbonyl (C=O) groups is 1. The summed E-state index contributed by atoms with van der Waals surface area (Å²) in [6.45, 7) is 7.47. The summed E-state index contributed by atoms with van der Waals surface area (Å²) in [5.74, 6) is 0.0676. The molecule has 0 radical (unpaired) electrons. The third kappa shape index (κ3) is 4.49. The smallest absolute Gasteiger partial charge is 0.238 e. The van der Waals surface area contributed by atoms with Crippen LogP contribution >= 0.6 is 12.4 Å². The first-order valence-corrected chi connectivity index (χ1v) is 6.47. The highest BCUT2D eigenvalue weighted by molar-refractivity contribution is 5.92. The van der Waals surface area contributed by atoms with Crippen LogP contribution in [0, 0.1) is 6.92 Å². The molecular weight excluding hydrogens is 262 g/mol. The van der Waals surface area contributed by atoms with Gasteiger partial charge in [-0.3, -0.25) is 9.69 Å². The van der Waals surface area contributed by atoms with Gasteiger partial charge in [0.05, 0.1) is 6.54 Å². The van der Waals surface area contributed by atoms with E-state index in [9.17, 15) is 4.79 Å². The lowest BCUT2D eigenvalue weighted by Crippen LogP contribution is -2.52. The minimum Gasteiger partial charge on any atom is -0.325 e. The SMILES string of the molecule is Cc1ccccc1NC(=O)CN1CCNC[C@@H]1C.Cl. The molecule has 1 amide bonds. The third-order valence-electron chi connectivity index (χ3n) is 3.40. The van der Waals surface area contributed by atoms with E-state index < -0.39 is 0 Å². The predicted molar refractivity (Wildman–Crippen MR) is 81.0 cm³/mol. The van der Waals surface area contributed by atoms with Crippen molar-refractivity contribution in [2.75, 3.05) is 31.5 Å². The van der Waals surface area contributed by atoms with E-state index in [1.807, 2.05) is 31.2 Å². The summed E-state index contributed by atoms with van der Waals surface area (Å²) in [5.41, 5.74) is 2.00. The lowest BCUT2D eigenvalue weighted by Gasteiger charge is -2.33. The monoisotopic (exact) mass is 283 g/mol. The molecule has 1 aliphatic rings. The maximum absolute atomic E-state index is 12.0. The van der Waals surface area contributed by atoms with Crippen molar-refractivity contribution in [3.63, 3.8) is 0 Å². The van der Waals surface area contributed by atoms with Crippen molar-refractivity contribution in [1.29, 1.82) is 0 Å². The normalized spacial score (nSPS) is 19.6. The van der Waals surface area contributed by atoms with Crippen LogP contribution in [0.5, 0.6) is 0 Å². The molecule has 4 nitrogen and oxygen atoms in total. The average Bonchev–Trinajstić information content (AvgIpc) is 2.35. The van der Waals surface area contributed by atoms with E-state index in [0.717, 1.165) is 30.9 Å². The van der Waals surface area contributed by atoms with Gasteiger partial charge in [-0.1, -0.05) is 18.2 Å². The Bertz CT molecular complexity index is 425. The minimum absolute atomic E-state index is 0. The first-order chi connectivity index (χ1) is 8.66. The summed E-state index contributed by atoms with van der Waals surface area (Å²) in [6, 6.07) is 8.28. The second-order valence-electron chi connectivity index (χ2n) is 4.89. The number of para-hydroxylation sites is 1. The van der Waals surface area contributed by atoms with Crippen molar-refractivity contribution in [3.8, 4) is 0 Å². The summed E-state index contributed by atoms with van der Waals surface area (Å²) in [7, 11) is 0. The van der Waals surface area contributed by atoms with Crippen LogP contribution in [0.4, 0.5) is 5.69 Å². The highest BCUT2D eigenvalue weighted by atomic mass is 35.5. The number of benzene rings is 1. The second-order valence-corrected chi connectivity index (χ2v) is 4.89. The van der Waals surface area contributed by atoms with Gasteiger partial charge >= 0.3 is 0 Å². The Balaban J connectivity index is 0.00000180. The molecule has 1 aromatic carbocycles. The number of rotatable bonds is 3. The molecule has 2 N–H and O–H groups in total. The highest BCUT2D eigenvalue weighted by Crippen LogP contribution is 2.13. The van der Waals surface area contributed by atoms with Crippen molar-refractivity contribution in [1.82, 2.24) is 10.2 Å². The van der Waals surface area contributed by atoms with E-state index in [1.54, 1.807) is 0 Å². The van der Waals surface area contributed by atoms with Gasteiger partial charge in [0.1, 0.15) is 0 Å². The van der Waals surface area contributed by atoms with Gasteiger partial charge in [-0.25, -0.2) is 0 Å². The summed E-state index contributed by atoms with van der Waals surface area (Å²) >= 11 is 0. The zero-order valence-electron chi connectivity index (χ0n) is 11.5. The quantitative estimate of drug-likeness (QED) is 0.887. The molecule has 0 aliphatic carbocycles. The van der Waals surface area contributed by atoms with E-state index in [4.69, 9.17) is 0 Å². The van der Waals surface area contributed by atoms with Crippen molar-refractivity contribution in [2.45, 2.75) is 19.9 Å². The molecule has 19 heavy (non-hydrogen) atoms. The van der Waals surface area contributed by atoms with E-state index in [0.29, 0.717) is 12.6 Å². The summed E-state index contributed by atoms with van der Waals surface area (Å²) in [5, 5.41) is 6.30. The maximum Gasteiger partial charge on any atom is 0.238 e. The number of hydrogen-bond acceptors (Lipinski definition) is 3. The first kappa shape index (κ1) is 16.0. The Labute approximate surface area is 121 Å². The number of piperazine rings is 1. The van der Waals surface area contributed by atoms with E-state index in [1.165, 1.54) is 0 Å². The molecule has 1 saturated heterocycles. The molecule has 0 unspecified atom stereocenters. The molecule has 0 bridgehead atoms. The van der Waals surface area contributed by atoms with Crippen molar-refractivity contribution in [3.05, 3.63) is 29.8 Å². The topological polar surface area (TPSA) is 44.4 Å². The van der Waals surface area contributed by atoms with Gasteiger partial charge in [-0.05, 0) is 25.5 Å². The Morgan fingerprint density at radius 2 is 2.21 bits per heavy atom. The van der Waals surface area contributed by atoms with Crippen LogP contribution in [0.3, 0.4) is 0 Å². The lowest BCUT2D eigenvalue weighted by atomic mass is 10.2. The Kier molecular flexibility index (Phi) is 6.28. The highest BCUT2D eigenvalue weighted by Gasteiger charge is 2.20. The number of nitrogens with one attached hydrogen (secondary N) is 2. The number of aryl methyl sites for hydroxylation is 1. The summed E-state index contributed by atoms with van der Waals surface area (Å²) in [4.78, 5) is 14.2. The predicted octanol–water partition coefficient (Wildman–Crippen LogP) is 1.65. The molecular formula is C14H22ClN3O. The molecule has 0 saturated carbocycles. The van der Waals surface area contributed by atoms with Gasteiger partial charge in [-0.2, -0.15) is 0 Å². The second kappa shape index (κ2) is 7.48. The van der Waals surface area contributed by atoms with Gasteiger partial charge in [-0.15, -0.1) is 12.4 Å². The van der Waals surface area contributed by atoms with Gasteiger partial charge in [0.25, 0.3) is 0 Å². The fourth-order valence-electron chi connectivity index (χ4n) is 2.21. The molecule has 0 spiro atoms. The van der Waals surface area contributed by atoms with Gasteiger partial charge in [0.2, 0.25) is 5.91 Å². The molecule has 5 heteroatoms. The van der Waals surface area contributed by atoms with E-state index >= 15 is 0 Å². The van der Waals surface area contributed by atoms with Crippen molar-refractivity contribution in [2.24, 2.45) is 0 Å². The van der Waals surface area contributed by atoms with E-state index in [2.05, 4.69) is 22.5 Å². The molecule has 106 valence electrons. The Hall–Kier alpha value is -1.10. The molecule has 1 heterocycles. The fraction of sp³-hybridized carbons (Fsp3) is 0.500. The van der Waals surface area contributed by atoms with Crippen LogP contribution in [0.2, 0.25) is 0 Å². The van der Waals surface area contributed by atoms with Crippen LogP contribution in [-0.2, 0) is 4.79 Å². The molecule has 2 rings (SSSR count). The number of amides is 1. The van der Waals surface area contributed by atoms with Crippen LogP contribution in [0.15, 0.2) is 24.3 Å². The standard InChI is InChI=1S/C14H21N3O.ClH/c1-11-5-3-4-6-13(11)16-14(18)10-17-8-7-15-9-12(17)2;/h3-6,12,15H,7-10H2,1-2H3,(H,16,18);1H/t12-;/m0./s1. The van der Waals surface area contributed by atoms with Crippen molar-refractivity contribution >= 4 is 24.0 Å². The lowest BCUT2D eigenvalue weighted by molar-refractivity contribution is -0.118. The first-order valence-electron chi connectivity index (χ1n) is 6.47. The molecule has 1 aromatic rings. The van der Waals surface area contributed by atoms with Crippen LogP contribution in [-0.4, -0.2) is 43.0 Å². The summed E-state index contributed by atoms with van der Waals surface area (Å²) < 4.78 is 0. The molecule has 1 atom stereocenters. The molecule has 0 aromatic heterocycles. The minimum atomic E-state index is 0. The maximum atomic E-state index is 12.0. The Morgan fingerprint density at radius 1 is 1.47 bits per heavy atom. The van der Waals surface area contributed by atoms with Gasteiger partial charge in [0.15, 0.2) is 0 Å². The molecule has 1 aliphatic heterocycles. The van der Waals surface area contributed by atoms with Crippen molar-refractivity contribution < 1.29 is 4.79 Å². The van der Waals surface area contributed by atoms with Crippen LogP contribution in [0.1, 0.15) is 12.5 Å². The van der Waals surface area contributed by atoms with Crippen LogP contribution < -0.4 is 10.6 Å².